The van der Waals surface area contributed by atoms with Crippen LogP contribution in [-0.2, 0) is 11.3 Å². The van der Waals surface area contributed by atoms with Gasteiger partial charge in [-0.1, -0.05) is 30.3 Å². The van der Waals surface area contributed by atoms with Gasteiger partial charge >= 0.3 is 5.97 Å². The van der Waals surface area contributed by atoms with Crippen molar-refractivity contribution in [3.63, 3.8) is 0 Å². The number of pyridine rings is 1. The summed E-state index contributed by atoms with van der Waals surface area (Å²) in [5.74, 6) is -0.254. The minimum atomic E-state index is -0.477. The van der Waals surface area contributed by atoms with E-state index in [1.165, 1.54) is 19.2 Å². The molecule has 1 heterocycles. The summed E-state index contributed by atoms with van der Waals surface area (Å²) in [5, 5.41) is 2.93. The maximum Gasteiger partial charge on any atom is 0.343 e. The van der Waals surface area contributed by atoms with Crippen molar-refractivity contribution in [3.8, 4) is 11.5 Å². The largest absolute Gasteiger partial charge is 0.493 e. The van der Waals surface area contributed by atoms with Crippen LogP contribution in [0.15, 0.2) is 90.8 Å². The van der Waals surface area contributed by atoms with Crippen molar-refractivity contribution < 1.29 is 23.5 Å². The number of benzene rings is 3. The highest BCUT2D eigenvalue weighted by Gasteiger charge is 2.26. The summed E-state index contributed by atoms with van der Waals surface area (Å²) < 4.78 is 25.6. The van der Waals surface area contributed by atoms with Crippen molar-refractivity contribution in [3.05, 3.63) is 130 Å². The van der Waals surface area contributed by atoms with E-state index in [1.807, 2.05) is 44.2 Å². The number of nitrogens with one attached hydrogen (secondary N) is 1. The van der Waals surface area contributed by atoms with Gasteiger partial charge in [0.05, 0.1) is 19.1 Å². The first-order chi connectivity index (χ1) is 19.8. The molecule has 1 aliphatic carbocycles. The fourth-order valence-corrected chi connectivity index (χ4v) is 4.93. The molecule has 0 radical (unpaired) electrons. The van der Waals surface area contributed by atoms with Gasteiger partial charge < -0.3 is 14.8 Å². The van der Waals surface area contributed by atoms with E-state index in [-0.39, 0.29) is 18.1 Å². The van der Waals surface area contributed by atoms with E-state index in [4.69, 9.17) is 9.47 Å². The number of halogens is 1. The summed E-state index contributed by atoms with van der Waals surface area (Å²) in [4.78, 5) is 29.7. The van der Waals surface area contributed by atoms with Gasteiger partial charge in [-0.2, -0.15) is 0 Å². The highest BCUT2D eigenvalue weighted by atomic mass is 19.1. The Morgan fingerprint density at radius 1 is 0.976 bits per heavy atom. The Morgan fingerprint density at radius 3 is 2.51 bits per heavy atom. The number of hydrogen-bond acceptors (Lipinski definition) is 5. The third-order valence-corrected chi connectivity index (χ3v) is 7.00. The van der Waals surface area contributed by atoms with Gasteiger partial charge in [-0.3, -0.25) is 9.78 Å². The standard InChI is InChI=1S/C34H29FN2O4/c1-21-14-24(16-31(40-3)33(21)41-34(39)25-9-5-4-6-10-25)15-28-22(2)29(30-17-26(35)11-12-27(28)30)18-32(38)37-20-23-8-7-13-36-19-23/h4-17,19H,18,20H2,1-3H3,(H,37,38)/b28-15-. The van der Waals surface area contributed by atoms with Gasteiger partial charge in [-0.15, -0.1) is 0 Å². The number of methoxy groups -OCH3 is 1. The zero-order valence-electron chi connectivity index (χ0n) is 23.0. The smallest absolute Gasteiger partial charge is 0.343 e. The van der Waals surface area contributed by atoms with Gasteiger partial charge in [0.1, 0.15) is 5.82 Å². The van der Waals surface area contributed by atoms with Gasteiger partial charge in [0.2, 0.25) is 5.91 Å². The van der Waals surface area contributed by atoms with E-state index in [1.54, 1.807) is 48.8 Å². The molecule has 0 fully saturated rings. The Morgan fingerprint density at radius 2 is 1.78 bits per heavy atom. The molecule has 1 aliphatic rings. The molecule has 0 bridgehead atoms. The molecular weight excluding hydrogens is 519 g/mol. The lowest BCUT2D eigenvalue weighted by atomic mass is 9.99. The average Bonchev–Trinajstić information content (AvgIpc) is 3.23. The molecular formula is C34H29FN2O4. The van der Waals surface area contributed by atoms with Crippen LogP contribution in [0, 0.1) is 12.7 Å². The molecule has 0 aliphatic heterocycles. The molecule has 1 amide bonds. The SMILES string of the molecule is COc1cc(/C=C2/C(C)=C(CC(=O)NCc3cccnc3)c3cc(F)ccc32)cc(C)c1OC(=O)c1ccccc1. The predicted molar refractivity (Wildman–Crippen MR) is 157 cm³/mol. The predicted octanol–water partition coefficient (Wildman–Crippen LogP) is 6.79. The minimum absolute atomic E-state index is 0.108. The molecule has 0 unspecified atom stereocenters. The molecule has 7 heteroatoms. The van der Waals surface area contributed by atoms with Crippen LogP contribution in [0.25, 0.3) is 17.2 Å². The first-order valence-corrected chi connectivity index (χ1v) is 13.2. The summed E-state index contributed by atoms with van der Waals surface area (Å²) in [7, 11) is 1.52. The zero-order chi connectivity index (χ0) is 28.9. The number of hydrogen-bond donors (Lipinski definition) is 1. The Balaban J connectivity index is 1.44. The molecule has 1 aromatic heterocycles. The molecule has 1 N–H and O–H groups in total. The summed E-state index contributed by atoms with van der Waals surface area (Å²) in [6.07, 6.45) is 5.47. The second-order valence-corrected chi connectivity index (χ2v) is 9.79. The zero-order valence-corrected chi connectivity index (χ0v) is 23.0. The number of aryl methyl sites for hydroxylation is 1. The van der Waals surface area contributed by atoms with Gasteiger partial charge in [0.25, 0.3) is 0 Å². The van der Waals surface area contributed by atoms with Crippen LogP contribution in [-0.4, -0.2) is 24.0 Å². The Labute approximate surface area is 238 Å². The number of rotatable bonds is 8. The third-order valence-electron chi connectivity index (χ3n) is 7.00. The van der Waals surface area contributed by atoms with Crippen molar-refractivity contribution >= 4 is 29.1 Å². The Kier molecular flexibility index (Phi) is 8.06. The van der Waals surface area contributed by atoms with Crippen molar-refractivity contribution in [1.82, 2.24) is 10.3 Å². The van der Waals surface area contributed by atoms with Crippen LogP contribution in [0.2, 0.25) is 0 Å². The quantitative estimate of drug-likeness (QED) is 0.194. The topological polar surface area (TPSA) is 77.5 Å². The van der Waals surface area contributed by atoms with Gasteiger partial charge in [0.15, 0.2) is 11.5 Å². The molecule has 0 saturated heterocycles. The fourth-order valence-electron chi connectivity index (χ4n) is 4.93. The van der Waals surface area contributed by atoms with Crippen molar-refractivity contribution in [2.45, 2.75) is 26.8 Å². The summed E-state index contributed by atoms with van der Waals surface area (Å²) >= 11 is 0. The van der Waals surface area contributed by atoms with Gasteiger partial charge in [-0.25, -0.2) is 9.18 Å². The highest BCUT2D eigenvalue weighted by Crippen LogP contribution is 2.44. The van der Waals surface area contributed by atoms with Crippen LogP contribution >= 0.6 is 0 Å². The van der Waals surface area contributed by atoms with Crippen molar-refractivity contribution in [2.24, 2.45) is 0 Å². The number of allylic oxidation sites excluding steroid dienone is 2. The number of ether oxygens (including phenoxy) is 2. The molecule has 4 aromatic rings. The summed E-state index contributed by atoms with van der Waals surface area (Å²) in [5.41, 5.74) is 6.94. The molecule has 206 valence electrons. The van der Waals surface area contributed by atoms with Gasteiger partial charge in [0, 0.05) is 18.9 Å². The lowest BCUT2D eigenvalue weighted by molar-refractivity contribution is -0.120. The Bertz CT molecular complexity index is 1680. The number of fused-ring (bicyclic) bond motifs is 1. The fraction of sp³-hybridized carbons (Fsp3) is 0.147. The number of amides is 1. The monoisotopic (exact) mass is 548 g/mol. The lowest BCUT2D eigenvalue weighted by Crippen LogP contribution is -2.22. The van der Waals surface area contributed by atoms with E-state index in [0.717, 1.165) is 39.0 Å². The number of carbonyl (C=O) groups is 2. The third kappa shape index (κ3) is 6.09. The molecule has 41 heavy (non-hydrogen) atoms. The highest BCUT2D eigenvalue weighted by molar-refractivity contribution is 6.08. The molecule has 0 saturated carbocycles. The van der Waals surface area contributed by atoms with Crippen LogP contribution < -0.4 is 14.8 Å². The van der Waals surface area contributed by atoms with E-state index in [9.17, 15) is 14.0 Å². The van der Waals surface area contributed by atoms with E-state index >= 15 is 0 Å². The maximum absolute atomic E-state index is 14.3. The lowest BCUT2D eigenvalue weighted by Gasteiger charge is -2.14. The molecule has 6 nitrogen and oxygen atoms in total. The summed E-state index contributed by atoms with van der Waals surface area (Å²) in [6.45, 7) is 4.14. The normalized spacial score (nSPS) is 13.2. The van der Waals surface area contributed by atoms with Crippen LogP contribution in [0.1, 0.15) is 51.5 Å². The van der Waals surface area contributed by atoms with Crippen LogP contribution in [0.4, 0.5) is 4.39 Å². The van der Waals surface area contributed by atoms with Crippen LogP contribution in [0.5, 0.6) is 11.5 Å². The minimum Gasteiger partial charge on any atom is -0.493 e. The number of nitrogens with zero attached hydrogens (tertiary/aromatic N) is 1. The average molecular weight is 549 g/mol. The first-order valence-electron chi connectivity index (χ1n) is 13.2. The number of aromatic nitrogens is 1. The molecule has 5 rings (SSSR count). The first kappa shape index (κ1) is 27.5. The molecule has 0 spiro atoms. The molecule has 3 aromatic carbocycles. The van der Waals surface area contributed by atoms with E-state index < -0.39 is 5.97 Å². The Hall–Kier alpha value is -5.04. The number of esters is 1. The van der Waals surface area contributed by atoms with E-state index in [0.29, 0.717) is 29.2 Å². The van der Waals surface area contributed by atoms with Crippen molar-refractivity contribution in [2.75, 3.05) is 7.11 Å². The second kappa shape index (κ2) is 12.0. The van der Waals surface area contributed by atoms with E-state index in [2.05, 4.69) is 10.3 Å². The van der Waals surface area contributed by atoms with Crippen LogP contribution in [0.3, 0.4) is 0 Å². The maximum atomic E-state index is 14.3. The molecule has 0 atom stereocenters. The van der Waals surface area contributed by atoms with Crippen molar-refractivity contribution in [1.29, 1.82) is 0 Å². The second-order valence-electron chi connectivity index (χ2n) is 9.79. The summed E-state index contributed by atoms with van der Waals surface area (Å²) in [6, 6.07) is 20.8. The number of carbonyl (C=O) groups excluding carboxylic acids is 2. The van der Waals surface area contributed by atoms with Gasteiger partial charge in [-0.05, 0) is 107 Å².